The number of benzene rings is 3. The molecule has 0 aliphatic carbocycles. The van der Waals surface area contributed by atoms with E-state index in [-0.39, 0.29) is 23.8 Å². The number of hydrogen-bond acceptors (Lipinski definition) is 8. The third kappa shape index (κ3) is 4.94. The maximum atomic E-state index is 13.5. The Morgan fingerprint density at radius 3 is 2.44 bits per heavy atom. The molecule has 2 aromatic heterocycles. The molecule has 10 heteroatoms. The zero-order valence-electron chi connectivity index (χ0n) is 21.0. The number of carboxylic acids is 1. The minimum atomic E-state index is -1.17. The number of halogens is 1. The number of hydrogen-bond donors (Lipinski definition) is 1. The fourth-order valence-corrected chi connectivity index (χ4v) is 4.56. The zero-order chi connectivity index (χ0) is 26.9. The van der Waals surface area contributed by atoms with E-state index in [9.17, 15) is 14.3 Å². The molecule has 3 aromatic carbocycles. The van der Waals surface area contributed by atoms with Gasteiger partial charge in [-0.2, -0.15) is 0 Å². The number of fused-ring (bicyclic) bond motifs is 1. The van der Waals surface area contributed by atoms with Gasteiger partial charge in [-0.25, -0.2) is 9.18 Å². The van der Waals surface area contributed by atoms with Crippen molar-refractivity contribution >= 4 is 22.6 Å². The van der Waals surface area contributed by atoms with Gasteiger partial charge >= 0.3 is 5.97 Å². The maximum absolute atomic E-state index is 13.5. The van der Waals surface area contributed by atoms with Crippen molar-refractivity contribution in [3.05, 3.63) is 83.5 Å². The molecule has 6 rings (SSSR count). The summed E-state index contributed by atoms with van der Waals surface area (Å²) in [5.74, 6) is -0.363. The molecule has 1 N–H and O–H groups in total. The van der Waals surface area contributed by atoms with Crippen molar-refractivity contribution in [3.8, 4) is 28.5 Å². The molecule has 1 saturated heterocycles. The van der Waals surface area contributed by atoms with E-state index in [0.717, 1.165) is 16.8 Å². The Morgan fingerprint density at radius 2 is 1.72 bits per heavy atom. The molecule has 0 saturated carbocycles. The highest BCUT2D eigenvalue weighted by Crippen LogP contribution is 2.41. The summed E-state index contributed by atoms with van der Waals surface area (Å²) >= 11 is 0. The Balaban J connectivity index is 1.38. The highest BCUT2D eigenvalue weighted by molar-refractivity contribution is 6.09. The third-order valence-corrected chi connectivity index (χ3v) is 6.56. The summed E-state index contributed by atoms with van der Waals surface area (Å²) in [5.41, 5.74) is 3.44. The number of aromatic nitrogens is 2. The van der Waals surface area contributed by atoms with E-state index in [1.807, 2.05) is 31.2 Å². The van der Waals surface area contributed by atoms with Crippen molar-refractivity contribution in [3.63, 3.8) is 0 Å². The predicted molar refractivity (Wildman–Crippen MR) is 140 cm³/mol. The van der Waals surface area contributed by atoms with Crippen molar-refractivity contribution in [2.45, 2.75) is 13.5 Å². The maximum Gasteiger partial charge on any atom is 0.340 e. The van der Waals surface area contributed by atoms with Gasteiger partial charge in [0.25, 0.3) is 5.89 Å². The lowest BCUT2D eigenvalue weighted by atomic mass is 10.0. The Bertz CT molecular complexity index is 1640. The standard InChI is InChI=1S/C29H24FN3O6/c1-17-2-4-19(5-3-17)28-32-31-25(39-28)16-37-24-14-21-23(15-22(24)33-10-12-36-13-11-33)38-27(26(21)29(34)35)18-6-8-20(30)9-7-18/h2-9,14-15H,10-13,16H2,1H3,(H,34,35). The Kier molecular flexibility index (Phi) is 6.45. The molecule has 1 aliphatic rings. The first-order chi connectivity index (χ1) is 19.0. The molecule has 0 unspecified atom stereocenters. The molecule has 0 amide bonds. The molecule has 1 aliphatic heterocycles. The van der Waals surface area contributed by atoms with Gasteiger partial charge in [-0.05, 0) is 49.4 Å². The van der Waals surface area contributed by atoms with Crippen LogP contribution in [-0.2, 0) is 11.3 Å². The van der Waals surface area contributed by atoms with Crippen LogP contribution < -0.4 is 9.64 Å². The first kappa shape index (κ1) is 24.6. The summed E-state index contributed by atoms with van der Waals surface area (Å²) in [6.45, 7) is 4.31. The van der Waals surface area contributed by atoms with Crippen molar-refractivity contribution < 1.29 is 32.6 Å². The van der Waals surface area contributed by atoms with E-state index in [1.54, 1.807) is 12.1 Å². The number of aryl methyl sites for hydroxylation is 1. The predicted octanol–water partition coefficient (Wildman–Crippen LogP) is 5.71. The first-order valence-corrected chi connectivity index (χ1v) is 12.4. The fourth-order valence-electron chi connectivity index (χ4n) is 4.56. The fraction of sp³-hybridized carbons (Fsp3) is 0.207. The van der Waals surface area contributed by atoms with E-state index in [1.165, 1.54) is 24.3 Å². The van der Waals surface area contributed by atoms with Crippen molar-refractivity contribution in [2.75, 3.05) is 31.2 Å². The zero-order valence-corrected chi connectivity index (χ0v) is 21.0. The van der Waals surface area contributed by atoms with Crippen LogP contribution in [0.25, 0.3) is 33.7 Å². The lowest BCUT2D eigenvalue weighted by molar-refractivity contribution is 0.0699. The first-order valence-electron chi connectivity index (χ1n) is 12.4. The smallest absolute Gasteiger partial charge is 0.340 e. The third-order valence-electron chi connectivity index (χ3n) is 6.56. The van der Waals surface area contributed by atoms with Crippen molar-refractivity contribution in [1.82, 2.24) is 10.2 Å². The molecule has 198 valence electrons. The number of rotatable bonds is 7. The van der Waals surface area contributed by atoms with E-state index in [2.05, 4.69) is 15.1 Å². The SMILES string of the molecule is Cc1ccc(-c2nnc(COc3cc4c(C(=O)O)c(-c5ccc(F)cc5)oc4cc3N3CCOCC3)o2)cc1. The monoisotopic (exact) mass is 529 g/mol. The molecule has 0 spiro atoms. The van der Waals surface area contributed by atoms with Crippen LogP contribution in [0.15, 0.2) is 69.5 Å². The average Bonchev–Trinajstić information content (AvgIpc) is 3.57. The normalized spacial score (nSPS) is 13.6. The second-order valence-electron chi connectivity index (χ2n) is 9.19. The van der Waals surface area contributed by atoms with E-state index >= 15 is 0 Å². The van der Waals surface area contributed by atoms with Crippen molar-refractivity contribution in [1.29, 1.82) is 0 Å². The molecular formula is C29H24FN3O6. The number of furan rings is 1. The summed E-state index contributed by atoms with van der Waals surface area (Å²) in [7, 11) is 0. The molecule has 39 heavy (non-hydrogen) atoms. The Morgan fingerprint density at radius 1 is 1.00 bits per heavy atom. The minimum Gasteiger partial charge on any atom is -0.482 e. The quantitative estimate of drug-likeness (QED) is 0.283. The molecular weight excluding hydrogens is 505 g/mol. The summed E-state index contributed by atoms with van der Waals surface area (Å²) in [6, 6.07) is 16.6. The number of nitrogens with zero attached hydrogens (tertiary/aromatic N) is 3. The molecule has 5 aromatic rings. The second kappa shape index (κ2) is 10.2. The molecule has 0 atom stereocenters. The van der Waals surface area contributed by atoms with E-state index in [0.29, 0.717) is 54.5 Å². The van der Waals surface area contributed by atoms with Crippen LogP contribution in [0.5, 0.6) is 5.75 Å². The lowest BCUT2D eigenvalue weighted by Crippen LogP contribution is -2.36. The number of morpholine rings is 1. The largest absolute Gasteiger partial charge is 0.482 e. The number of ether oxygens (including phenoxy) is 2. The van der Waals surface area contributed by atoms with Gasteiger partial charge in [-0.15, -0.1) is 10.2 Å². The van der Waals surface area contributed by atoms with E-state index in [4.69, 9.17) is 18.3 Å². The Labute approximate surface area is 222 Å². The number of anilines is 1. The average molecular weight is 530 g/mol. The van der Waals surface area contributed by atoms with Crippen LogP contribution in [0.1, 0.15) is 21.8 Å². The Hall–Kier alpha value is -4.70. The topological polar surface area (TPSA) is 111 Å². The van der Waals surface area contributed by atoms with Crippen LogP contribution in [0.2, 0.25) is 0 Å². The summed E-state index contributed by atoms with van der Waals surface area (Å²) < 4.78 is 37.0. The number of carbonyl (C=O) groups is 1. The van der Waals surface area contributed by atoms with Crippen LogP contribution in [-0.4, -0.2) is 47.6 Å². The van der Waals surface area contributed by atoms with E-state index < -0.39 is 11.8 Å². The van der Waals surface area contributed by atoms with Gasteiger partial charge in [0.15, 0.2) is 6.61 Å². The molecule has 1 fully saturated rings. The van der Waals surface area contributed by atoms with Gasteiger partial charge in [0.1, 0.15) is 28.5 Å². The van der Waals surface area contributed by atoms with Gasteiger partial charge in [-0.1, -0.05) is 17.7 Å². The molecule has 3 heterocycles. The van der Waals surface area contributed by atoms with Gasteiger partial charge < -0.3 is 28.3 Å². The second-order valence-corrected chi connectivity index (χ2v) is 9.19. The van der Waals surface area contributed by atoms with Crippen molar-refractivity contribution in [2.24, 2.45) is 0 Å². The van der Waals surface area contributed by atoms with Gasteiger partial charge in [0, 0.05) is 35.7 Å². The number of aromatic carboxylic acids is 1. The minimum absolute atomic E-state index is 0.0210. The summed E-state index contributed by atoms with van der Waals surface area (Å²) in [5, 5.41) is 18.7. The van der Waals surface area contributed by atoms with Gasteiger partial charge in [0.05, 0.1) is 18.9 Å². The van der Waals surface area contributed by atoms with Crippen LogP contribution in [0.4, 0.5) is 10.1 Å². The molecule has 0 radical (unpaired) electrons. The molecule has 9 nitrogen and oxygen atoms in total. The van der Waals surface area contributed by atoms with Crippen LogP contribution >= 0.6 is 0 Å². The summed E-state index contributed by atoms with van der Waals surface area (Å²) in [4.78, 5) is 14.4. The lowest BCUT2D eigenvalue weighted by Gasteiger charge is -2.30. The van der Waals surface area contributed by atoms with Gasteiger partial charge in [0.2, 0.25) is 5.89 Å². The highest BCUT2D eigenvalue weighted by atomic mass is 19.1. The summed E-state index contributed by atoms with van der Waals surface area (Å²) in [6.07, 6.45) is 0. The van der Waals surface area contributed by atoms with Crippen LogP contribution in [0, 0.1) is 12.7 Å². The van der Waals surface area contributed by atoms with Gasteiger partial charge in [-0.3, -0.25) is 0 Å². The molecule has 0 bridgehead atoms. The number of carboxylic acid groups (broad SMARTS) is 1. The highest BCUT2D eigenvalue weighted by Gasteiger charge is 2.26. The van der Waals surface area contributed by atoms with Crippen LogP contribution in [0.3, 0.4) is 0 Å².